The van der Waals surface area contributed by atoms with Crippen molar-refractivity contribution in [3.05, 3.63) is 54.1 Å². The van der Waals surface area contributed by atoms with Crippen LogP contribution >= 0.6 is 11.8 Å². The second kappa shape index (κ2) is 10.1. The van der Waals surface area contributed by atoms with E-state index in [1.165, 1.54) is 11.8 Å². The van der Waals surface area contributed by atoms with Crippen molar-refractivity contribution in [3.63, 3.8) is 0 Å². The summed E-state index contributed by atoms with van der Waals surface area (Å²) in [5, 5.41) is 9.21. The number of carbonyl (C=O) groups excluding carboxylic acids is 2. The fourth-order valence-corrected chi connectivity index (χ4v) is 3.91. The lowest BCUT2D eigenvalue weighted by Crippen LogP contribution is -2.37. The Hall–Kier alpha value is -2.51. The fourth-order valence-electron chi connectivity index (χ4n) is 3.06. The number of thioether (sulfide) groups is 1. The quantitative estimate of drug-likeness (QED) is 0.595. The number of amides is 2. The predicted octanol–water partition coefficient (Wildman–Crippen LogP) is 2.91. The number of nitrogens with one attached hydrogen (secondary N) is 3. The first-order chi connectivity index (χ1) is 13.7. The van der Waals surface area contributed by atoms with E-state index in [1.807, 2.05) is 36.4 Å². The maximum atomic E-state index is 12.6. The molecule has 2 aromatic carbocycles. The van der Waals surface area contributed by atoms with Crippen molar-refractivity contribution < 1.29 is 14.3 Å². The molecule has 1 aliphatic heterocycles. The summed E-state index contributed by atoms with van der Waals surface area (Å²) in [5.74, 6) is 0.656. The molecule has 0 saturated carbocycles. The van der Waals surface area contributed by atoms with Gasteiger partial charge in [0.05, 0.1) is 18.4 Å². The second-order valence-corrected chi connectivity index (χ2v) is 7.59. The molecule has 1 fully saturated rings. The van der Waals surface area contributed by atoms with Crippen LogP contribution < -0.4 is 20.7 Å². The highest BCUT2D eigenvalue weighted by atomic mass is 32.2. The summed E-state index contributed by atoms with van der Waals surface area (Å²) in [5.41, 5.74) is 1.28. The SMILES string of the molecule is COc1cccc(NC(=O)CSc2ccccc2C(=O)NCC2CCCN2)c1. The van der Waals surface area contributed by atoms with E-state index in [0.717, 1.165) is 24.3 Å². The van der Waals surface area contributed by atoms with E-state index in [0.29, 0.717) is 29.6 Å². The van der Waals surface area contributed by atoms with E-state index in [-0.39, 0.29) is 17.6 Å². The van der Waals surface area contributed by atoms with Gasteiger partial charge in [-0.25, -0.2) is 0 Å². The predicted molar refractivity (Wildman–Crippen MR) is 112 cm³/mol. The summed E-state index contributed by atoms with van der Waals surface area (Å²) in [6.07, 6.45) is 2.23. The number of hydrogen-bond donors (Lipinski definition) is 3. The van der Waals surface area contributed by atoms with Crippen LogP contribution in [0, 0.1) is 0 Å². The van der Waals surface area contributed by atoms with Gasteiger partial charge in [-0.15, -0.1) is 11.8 Å². The molecule has 0 aromatic heterocycles. The van der Waals surface area contributed by atoms with Gasteiger partial charge < -0.3 is 20.7 Å². The highest BCUT2D eigenvalue weighted by molar-refractivity contribution is 8.00. The highest BCUT2D eigenvalue weighted by Crippen LogP contribution is 2.23. The van der Waals surface area contributed by atoms with E-state index in [4.69, 9.17) is 4.74 Å². The standard InChI is InChI=1S/C21H25N3O3S/c1-27-17-8-4-6-15(12-17)24-20(25)14-28-19-10-3-2-9-18(19)21(26)23-13-16-7-5-11-22-16/h2-4,6,8-10,12,16,22H,5,7,11,13-14H2,1H3,(H,23,26)(H,24,25). The van der Waals surface area contributed by atoms with Gasteiger partial charge in [0.2, 0.25) is 5.91 Å². The normalized spacial score (nSPS) is 15.8. The van der Waals surface area contributed by atoms with Crippen LogP contribution in [-0.2, 0) is 4.79 Å². The molecular weight excluding hydrogens is 374 g/mol. The van der Waals surface area contributed by atoms with Crippen molar-refractivity contribution in [1.29, 1.82) is 0 Å². The van der Waals surface area contributed by atoms with Gasteiger partial charge in [-0.05, 0) is 43.7 Å². The number of rotatable bonds is 8. The second-order valence-electron chi connectivity index (χ2n) is 6.57. The first-order valence-corrected chi connectivity index (χ1v) is 10.3. The lowest BCUT2D eigenvalue weighted by molar-refractivity contribution is -0.113. The summed E-state index contributed by atoms with van der Waals surface area (Å²) < 4.78 is 5.16. The summed E-state index contributed by atoms with van der Waals surface area (Å²) in [4.78, 5) is 25.6. The molecule has 1 saturated heterocycles. The minimum atomic E-state index is -0.136. The number of carbonyl (C=O) groups is 2. The van der Waals surface area contributed by atoms with Crippen molar-refractivity contribution in [2.75, 3.05) is 31.3 Å². The molecule has 3 N–H and O–H groups in total. The van der Waals surface area contributed by atoms with Crippen LogP contribution in [0.15, 0.2) is 53.4 Å². The molecule has 0 radical (unpaired) electrons. The third-order valence-electron chi connectivity index (χ3n) is 4.52. The summed E-state index contributed by atoms with van der Waals surface area (Å²) in [6.45, 7) is 1.63. The Morgan fingerprint density at radius 2 is 2.07 bits per heavy atom. The molecule has 2 aromatic rings. The average molecular weight is 400 g/mol. The van der Waals surface area contributed by atoms with Crippen molar-refractivity contribution in [2.24, 2.45) is 0 Å². The molecule has 0 aliphatic carbocycles. The summed E-state index contributed by atoms with van der Waals surface area (Å²) in [7, 11) is 1.58. The van der Waals surface area contributed by atoms with Gasteiger partial charge in [0.15, 0.2) is 0 Å². The number of benzene rings is 2. The van der Waals surface area contributed by atoms with Crippen molar-refractivity contribution in [1.82, 2.24) is 10.6 Å². The lowest BCUT2D eigenvalue weighted by atomic mass is 10.2. The van der Waals surface area contributed by atoms with Crippen LogP contribution in [0.4, 0.5) is 5.69 Å². The molecule has 1 aliphatic rings. The fraction of sp³-hybridized carbons (Fsp3) is 0.333. The smallest absolute Gasteiger partial charge is 0.252 e. The third kappa shape index (κ3) is 5.74. The van der Waals surface area contributed by atoms with Crippen LogP contribution in [0.5, 0.6) is 5.75 Å². The summed E-state index contributed by atoms with van der Waals surface area (Å²) >= 11 is 1.35. The largest absolute Gasteiger partial charge is 0.497 e. The monoisotopic (exact) mass is 399 g/mol. The Balaban J connectivity index is 1.54. The van der Waals surface area contributed by atoms with Crippen molar-refractivity contribution in [3.8, 4) is 5.75 Å². The minimum absolute atomic E-state index is 0.106. The average Bonchev–Trinajstić information content (AvgIpc) is 3.24. The molecule has 1 heterocycles. The van der Waals surface area contributed by atoms with E-state index in [9.17, 15) is 9.59 Å². The number of hydrogen-bond acceptors (Lipinski definition) is 5. The Morgan fingerprint density at radius 3 is 2.86 bits per heavy atom. The van der Waals surface area contributed by atoms with Gasteiger partial charge in [-0.2, -0.15) is 0 Å². The van der Waals surface area contributed by atoms with Crippen molar-refractivity contribution >= 4 is 29.3 Å². The van der Waals surface area contributed by atoms with E-state index < -0.39 is 0 Å². The Bertz CT molecular complexity index is 822. The molecule has 28 heavy (non-hydrogen) atoms. The van der Waals surface area contributed by atoms with Gasteiger partial charge >= 0.3 is 0 Å². The first kappa shape index (κ1) is 20.2. The van der Waals surface area contributed by atoms with Crippen LogP contribution in [0.1, 0.15) is 23.2 Å². The Labute approximate surface area is 169 Å². The first-order valence-electron chi connectivity index (χ1n) is 9.33. The Kier molecular flexibility index (Phi) is 7.33. The van der Waals surface area contributed by atoms with Gasteiger partial charge in [0.25, 0.3) is 5.91 Å². The molecule has 1 atom stereocenters. The van der Waals surface area contributed by atoms with Gasteiger partial charge in [0, 0.05) is 29.2 Å². The third-order valence-corrected chi connectivity index (χ3v) is 5.59. The lowest BCUT2D eigenvalue weighted by Gasteiger charge is -2.13. The van der Waals surface area contributed by atoms with Crippen LogP contribution in [0.25, 0.3) is 0 Å². The van der Waals surface area contributed by atoms with Crippen LogP contribution in [0.2, 0.25) is 0 Å². The molecule has 1 unspecified atom stereocenters. The molecule has 148 valence electrons. The molecule has 0 spiro atoms. The number of anilines is 1. The Morgan fingerprint density at radius 1 is 1.21 bits per heavy atom. The zero-order valence-electron chi connectivity index (χ0n) is 15.9. The molecule has 3 rings (SSSR count). The molecule has 0 bridgehead atoms. The molecule has 7 heteroatoms. The highest BCUT2D eigenvalue weighted by Gasteiger charge is 2.17. The van der Waals surface area contributed by atoms with E-state index in [2.05, 4.69) is 16.0 Å². The zero-order valence-corrected chi connectivity index (χ0v) is 16.7. The van der Waals surface area contributed by atoms with E-state index in [1.54, 1.807) is 19.2 Å². The topological polar surface area (TPSA) is 79.5 Å². The van der Waals surface area contributed by atoms with Gasteiger partial charge in [-0.1, -0.05) is 18.2 Å². The molecule has 6 nitrogen and oxygen atoms in total. The summed E-state index contributed by atoms with van der Waals surface area (Å²) in [6, 6.07) is 14.9. The minimum Gasteiger partial charge on any atom is -0.497 e. The maximum Gasteiger partial charge on any atom is 0.252 e. The number of ether oxygens (including phenoxy) is 1. The van der Waals surface area contributed by atoms with Crippen molar-refractivity contribution in [2.45, 2.75) is 23.8 Å². The van der Waals surface area contributed by atoms with Crippen LogP contribution in [0.3, 0.4) is 0 Å². The van der Waals surface area contributed by atoms with Gasteiger partial charge in [0.1, 0.15) is 5.75 Å². The zero-order chi connectivity index (χ0) is 19.8. The van der Waals surface area contributed by atoms with Gasteiger partial charge in [-0.3, -0.25) is 9.59 Å². The molecular formula is C21H25N3O3S. The van der Waals surface area contributed by atoms with Crippen LogP contribution in [-0.4, -0.2) is 43.8 Å². The number of methoxy groups -OCH3 is 1. The molecule has 2 amide bonds. The maximum absolute atomic E-state index is 12.6. The van der Waals surface area contributed by atoms with E-state index >= 15 is 0 Å².